The molecule has 1 aromatic carbocycles. The molecule has 0 aliphatic carbocycles. The van der Waals surface area contributed by atoms with Crippen molar-refractivity contribution in [1.29, 1.82) is 0 Å². The summed E-state index contributed by atoms with van der Waals surface area (Å²) in [6.07, 6.45) is -0.806. The standard InChI is InChI=1S/C13H15BrN2O5/c1-21-11-3-2-7(14)4-9(11)15-13(20)16-6-8(17)5-10(16)12(18)19/h2-4,8,10,17H,5-6H2,1H3,(H,15,20)(H,18,19)/t8?,10-/m0/s1. The molecule has 1 heterocycles. The number of carbonyl (C=O) groups is 2. The van der Waals surface area contributed by atoms with Gasteiger partial charge in [0.15, 0.2) is 0 Å². The van der Waals surface area contributed by atoms with Crippen molar-refractivity contribution in [3.63, 3.8) is 0 Å². The minimum atomic E-state index is -1.14. The van der Waals surface area contributed by atoms with E-state index < -0.39 is 24.1 Å². The van der Waals surface area contributed by atoms with Gasteiger partial charge in [0.1, 0.15) is 11.8 Å². The first kappa shape index (κ1) is 15.6. The smallest absolute Gasteiger partial charge is 0.326 e. The van der Waals surface area contributed by atoms with E-state index >= 15 is 0 Å². The number of carboxylic acids is 1. The molecule has 0 saturated carbocycles. The number of rotatable bonds is 3. The highest BCUT2D eigenvalue weighted by Crippen LogP contribution is 2.29. The van der Waals surface area contributed by atoms with Crippen LogP contribution in [0.1, 0.15) is 6.42 Å². The summed E-state index contributed by atoms with van der Waals surface area (Å²) < 4.78 is 5.88. The molecule has 1 aliphatic rings. The SMILES string of the molecule is COc1ccc(Br)cc1NC(=O)N1CC(O)C[C@H]1C(=O)O. The van der Waals surface area contributed by atoms with Crippen LogP contribution in [0.15, 0.2) is 22.7 Å². The van der Waals surface area contributed by atoms with Gasteiger partial charge < -0.3 is 25.2 Å². The van der Waals surface area contributed by atoms with Crippen LogP contribution in [0, 0.1) is 0 Å². The van der Waals surface area contributed by atoms with Crippen LogP contribution in [0.5, 0.6) is 5.75 Å². The lowest BCUT2D eigenvalue weighted by atomic mass is 10.2. The molecule has 1 unspecified atom stereocenters. The van der Waals surface area contributed by atoms with Gasteiger partial charge in [-0.25, -0.2) is 9.59 Å². The van der Waals surface area contributed by atoms with Crippen molar-refractivity contribution >= 4 is 33.6 Å². The highest BCUT2D eigenvalue weighted by molar-refractivity contribution is 9.10. The number of anilines is 1. The van der Waals surface area contributed by atoms with Crippen molar-refractivity contribution < 1.29 is 24.5 Å². The Hall–Kier alpha value is -1.80. The maximum absolute atomic E-state index is 12.2. The summed E-state index contributed by atoms with van der Waals surface area (Å²) in [5.74, 6) is -0.680. The average molecular weight is 359 g/mol. The number of aliphatic hydroxyl groups is 1. The largest absolute Gasteiger partial charge is 0.495 e. The number of likely N-dealkylation sites (tertiary alicyclic amines) is 1. The van der Waals surface area contributed by atoms with Gasteiger partial charge in [-0.15, -0.1) is 0 Å². The lowest BCUT2D eigenvalue weighted by Gasteiger charge is -2.22. The number of nitrogens with one attached hydrogen (secondary N) is 1. The first-order valence-corrected chi connectivity index (χ1v) is 7.03. The minimum Gasteiger partial charge on any atom is -0.495 e. The molecule has 0 radical (unpaired) electrons. The van der Waals surface area contributed by atoms with Crippen LogP contribution < -0.4 is 10.1 Å². The Morgan fingerprint density at radius 1 is 1.48 bits per heavy atom. The van der Waals surface area contributed by atoms with E-state index in [1.165, 1.54) is 7.11 Å². The molecule has 114 valence electrons. The third-order valence-electron chi connectivity index (χ3n) is 3.23. The first-order chi connectivity index (χ1) is 9.92. The molecular formula is C13H15BrN2O5. The van der Waals surface area contributed by atoms with E-state index in [0.29, 0.717) is 11.4 Å². The van der Waals surface area contributed by atoms with Crippen molar-refractivity contribution in [3.05, 3.63) is 22.7 Å². The van der Waals surface area contributed by atoms with Gasteiger partial charge in [0.05, 0.1) is 18.9 Å². The number of amides is 2. The Morgan fingerprint density at radius 2 is 2.19 bits per heavy atom. The van der Waals surface area contributed by atoms with E-state index in [-0.39, 0.29) is 13.0 Å². The molecule has 2 amide bonds. The molecule has 0 bridgehead atoms. The summed E-state index contributed by atoms with van der Waals surface area (Å²) in [5.41, 5.74) is 0.419. The molecular weight excluding hydrogens is 344 g/mol. The van der Waals surface area contributed by atoms with Gasteiger partial charge in [-0.05, 0) is 18.2 Å². The highest BCUT2D eigenvalue weighted by Gasteiger charge is 2.39. The van der Waals surface area contributed by atoms with Crippen molar-refractivity contribution in [2.24, 2.45) is 0 Å². The summed E-state index contributed by atoms with van der Waals surface area (Å²) in [6, 6.07) is 3.47. The lowest BCUT2D eigenvalue weighted by molar-refractivity contribution is -0.141. The Balaban J connectivity index is 2.18. The maximum Gasteiger partial charge on any atom is 0.326 e. The molecule has 1 aliphatic heterocycles. The molecule has 0 aromatic heterocycles. The van der Waals surface area contributed by atoms with Gasteiger partial charge in [-0.1, -0.05) is 15.9 Å². The zero-order valence-corrected chi connectivity index (χ0v) is 12.8. The third-order valence-corrected chi connectivity index (χ3v) is 3.72. The van der Waals surface area contributed by atoms with Gasteiger partial charge in [0, 0.05) is 17.4 Å². The minimum absolute atomic E-state index is 0.0148. The number of halogens is 1. The van der Waals surface area contributed by atoms with Gasteiger partial charge in [-0.3, -0.25) is 0 Å². The number of carboxylic acid groups (broad SMARTS) is 1. The third kappa shape index (κ3) is 3.45. The number of carbonyl (C=O) groups excluding carboxylic acids is 1. The second-order valence-corrected chi connectivity index (χ2v) is 5.59. The van der Waals surface area contributed by atoms with Crippen LogP contribution in [-0.4, -0.2) is 52.9 Å². The maximum atomic E-state index is 12.2. The number of nitrogens with zero attached hydrogens (tertiary/aromatic N) is 1. The lowest BCUT2D eigenvalue weighted by Crippen LogP contribution is -2.43. The topological polar surface area (TPSA) is 99.1 Å². The predicted octanol–water partition coefficient (Wildman–Crippen LogP) is 1.51. The average Bonchev–Trinajstić information content (AvgIpc) is 2.81. The second-order valence-electron chi connectivity index (χ2n) is 4.67. The molecule has 2 atom stereocenters. The van der Waals surface area contributed by atoms with E-state index in [2.05, 4.69) is 21.2 Å². The number of urea groups is 1. The molecule has 1 saturated heterocycles. The molecule has 3 N–H and O–H groups in total. The van der Waals surface area contributed by atoms with E-state index in [9.17, 15) is 14.7 Å². The van der Waals surface area contributed by atoms with Gasteiger partial charge in [-0.2, -0.15) is 0 Å². The highest BCUT2D eigenvalue weighted by atomic mass is 79.9. The molecule has 7 nitrogen and oxygen atoms in total. The number of methoxy groups -OCH3 is 1. The Bertz CT molecular complexity index is 565. The fourth-order valence-electron chi connectivity index (χ4n) is 2.24. The van der Waals surface area contributed by atoms with Crippen LogP contribution >= 0.6 is 15.9 Å². The van der Waals surface area contributed by atoms with E-state index in [1.807, 2.05) is 0 Å². The molecule has 2 rings (SSSR count). The quantitative estimate of drug-likeness (QED) is 0.760. The second kappa shape index (κ2) is 6.31. The summed E-state index contributed by atoms with van der Waals surface area (Å²) in [5, 5.41) is 21.3. The molecule has 21 heavy (non-hydrogen) atoms. The molecule has 1 aromatic rings. The zero-order valence-electron chi connectivity index (χ0n) is 11.2. The Morgan fingerprint density at radius 3 is 2.81 bits per heavy atom. The van der Waals surface area contributed by atoms with E-state index in [1.54, 1.807) is 18.2 Å². The van der Waals surface area contributed by atoms with Crippen molar-refractivity contribution in [2.75, 3.05) is 19.0 Å². The monoisotopic (exact) mass is 358 g/mol. The van der Waals surface area contributed by atoms with Crippen molar-refractivity contribution in [1.82, 2.24) is 4.90 Å². The van der Waals surface area contributed by atoms with Gasteiger partial charge in [0.25, 0.3) is 0 Å². The number of ether oxygens (including phenoxy) is 1. The zero-order chi connectivity index (χ0) is 15.6. The molecule has 8 heteroatoms. The number of hydrogen-bond donors (Lipinski definition) is 3. The van der Waals surface area contributed by atoms with Crippen LogP contribution in [0.2, 0.25) is 0 Å². The Labute approximate surface area is 129 Å². The first-order valence-electron chi connectivity index (χ1n) is 6.24. The van der Waals surface area contributed by atoms with Gasteiger partial charge in [0.2, 0.25) is 0 Å². The fraction of sp³-hybridized carbons (Fsp3) is 0.385. The summed E-state index contributed by atoms with van der Waals surface area (Å²) in [4.78, 5) is 24.5. The number of aliphatic hydroxyl groups excluding tert-OH is 1. The summed E-state index contributed by atoms with van der Waals surface area (Å²) in [7, 11) is 1.47. The van der Waals surface area contributed by atoms with Crippen LogP contribution in [-0.2, 0) is 4.79 Å². The number of benzene rings is 1. The van der Waals surface area contributed by atoms with E-state index in [4.69, 9.17) is 9.84 Å². The molecule has 1 fully saturated rings. The Kier molecular flexibility index (Phi) is 4.69. The predicted molar refractivity (Wildman–Crippen MR) is 78.5 cm³/mol. The summed E-state index contributed by atoms with van der Waals surface area (Å²) >= 11 is 3.29. The van der Waals surface area contributed by atoms with Crippen molar-refractivity contribution in [3.8, 4) is 5.75 Å². The number of hydrogen-bond acceptors (Lipinski definition) is 4. The van der Waals surface area contributed by atoms with Crippen LogP contribution in [0.4, 0.5) is 10.5 Å². The van der Waals surface area contributed by atoms with Crippen LogP contribution in [0.3, 0.4) is 0 Å². The fourth-order valence-corrected chi connectivity index (χ4v) is 2.60. The van der Waals surface area contributed by atoms with Crippen molar-refractivity contribution in [2.45, 2.75) is 18.6 Å². The normalized spacial score (nSPS) is 21.2. The number of β-amino-alcohol motifs (C(OH)–C–C–N with tert-alkyl or cyclic N) is 1. The number of aliphatic carboxylic acids is 1. The van der Waals surface area contributed by atoms with E-state index in [0.717, 1.165) is 9.37 Å². The summed E-state index contributed by atoms with van der Waals surface area (Å²) in [6.45, 7) is -0.0148. The molecule has 0 spiro atoms. The van der Waals surface area contributed by atoms with Crippen LogP contribution in [0.25, 0.3) is 0 Å². The van der Waals surface area contributed by atoms with Gasteiger partial charge >= 0.3 is 12.0 Å².